The summed E-state index contributed by atoms with van der Waals surface area (Å²) >= 11 is 0. The average molecular weight is 524 g/mol. The Morgan fingerprint density at radius 1 is 0.974 bits per heavy atom. The number of ether oxygens (including phenoxy) is 1. The van der Waals surface area contributed by atoms with Gasteiger partial charge in [0.05, 0.1) is 5.56 Å². The predicted molar refractivity (Wildman–Crippen MR) is 134 cm³/mol. The van der Waals surface area contributed by atoms with Gasteiger partial charge < -0.3 is 9.64 Å². The Kier molecular flexibility index (Phi) is 5.78. The molecular weight excluding hydrogens is 498 g/mol. The molecule has 0 aliphatic carbocycles. The topological polar surface area (TPSA) is 46.6 Å². The molecule has 0 fully saturated rings. The number of hydrogen-bond donors (Lipinski definition) is 0. The number of halogens is 4. The molecule has 0 unspecified atom stereocenters. The molecule has 3 aromatic carbocycles. The maximum atomic E-state index is 15.0. The van der Waals surface area contributed by atoms with E-state index in [1.165, 1.54) is 43.0 Å². The fourth-order valence-electron chi connectivity index (χ4n) is 5.54. The summed E-state index contributed by atoms with van der Waals surface area (Å²) in [6, 6.07) is 14.4. The van der Waals surface area contributed by atoms with Gasteiger partial charge >= 0.3 is 12.1 Å². The lowest BCUT2D eigenvalue weighted by molar-refractivity contribution is -0.187. The van der Waals surface area contributed by atoms with Crippen LogP contribution in [0.3, 0.4) is 0 Å². The molecule has 4 nitrogen and oxygen atoms in total. The first-order valence-corrected chi connectivity index (χ1v) is 12.1. The molecule has 5 rings (SSSR count). The number of hydrogen-bond acceptors (Lipinski definition) is 3. The number of benzene rings is 3. The van der Waals surface area contributed by atoms with Gasteiger partial charge in [-0.2, -0.15) is 13.2 Å². The van der Waals surface area contributed by atoms with Gasteiger partial charge in [0.2, 0.25) is 0 Å². The smallest absolute Gasteiger partial charge is 0.410 e. The Balaban J connectivity index is 1.63. The molecule has 0 N–H and O–H groups in total. The van der Waals surface area contributed by atoms with Crippen LogP contribution in [0.4, 0.5) is 17.6 Å². The number of carbonyl (C=O) groups excluding carboxylic acids is 2. The van der Waals surface area contributed by atoms with Crippen molar-refractivity contribution in [1.29, 1.82) is 0 Å². The Bertz CT molecular complexity index is 1480. The fraction of sp³-hybridized carbons (Fsp3) is 0.267. The average Bonchev–Trinajstić information content (AvgIpc) is 3.17. The van der Waals surface area contributed by atoms with Crippen molar-refractivity contribution in [3.63, 3.8) is 0 Å². The van der Waals surface area contributed by atoms with Crippen molar-refractivity contribution in [2.45, 2.75) is 51.2 Å². The van der Waals surface area contributed by atoms with Crippen LogP contribution in [0.2, 0.25) is 0 Å². The lowest BCUT2D eigenvalue weighted by Gasteiger charge is -2.43. The highest BCUT2D eigenvalue weighted by molar-refractivity contribution is 6.05. The molecule has 0 spiro atoms. The van der Waals surface area contributed by atoms with Crippen LogP contribution in [0.5, 0.6) is 5.75 Å². The zero-order chi connectivity index (χ0) is 27.6. The minimum absolute atomic E-state index is 0.0851. The van der Waals surface area contributed by atoms with E-state index in [9.17, 15) is 14.0 Å². The van der Waals surface area contributed by atoms with Crippen LogP contribution >= 0.6 is 0 Å². The highest BCUT2D eigenvalue weighted by atomic mass is 19.4. The van der Waals surface area contributed by atoms with Crippen LogP contribution in [-0.4, -0.2) is 28.5 Å². The van der Waals surface area contributed by atoms with Crippen LogP contribution in [0.15, 0.2) is 66.7 Å². The summed E-state index contributed by atoms with van der Waals surface area (Å²) in [6.07, 6.45) is -3.49. The fourth-order valence-corrected chi connectivity index (χ4v) is 5.54. The van der Waals surface area contributed by atoms with Crippen molar-refractivity contribution >= 4 is 17.6 Å². The van der Waals surface area contributed by atoms with Gasteiger partial charge in [-0.1, -0.05) is 36.4 Å². The second-order valence-corrected chi connectivity index (χ2v) is 10.5. The largest absolute Gasteiger partial charge is 0.422 e. The molecule has 3 aromatic rings. The number of alkyl halides is 3. The van der Waals surface area contributed by atoms with Gasteiger partial charge in [-0.15, -0.1) is 0 Å². The van der Waals surface area contributed by atoms with Gasteiger partial charge in [-0.3, -0.25) is 4.79 Å². The lowest BCUT2D eigenvalue weighted by atomic mass is 9.78. The Morgan fingerprint density at radius 2 is 1.58 bits per heavy atom. The number of fused-ring (bicyclic) bond motifs is 3. The number of nitrogens with zero attached hydrogens (tertiary/aromatic N) is 1. The first-order chi connectivity index (χ1) is 17.8. The highest BCUT2D eigenvalue weighted by Crippen LogP contribution is 2.55. The molecule has 2 aliphatic heterocycles. The molecule has 1 atom stereocenters. The third kappa shape index (κ3) is 3.81. The van der Waals surface area contributed by atoms with Crippen LogP contribution in [0.25, 0.3) is 5.70 Å². The van der Waals surface area contributed by atoms with Crippen molar-refractivity contribution < 1.29 is 31.9 Å². The minimum atomic E-state index is -4.94. The van der Waals surface area contributed by atoms with Gasteiger partial charge in [-0.05, 0) is 86.7 Å². The first-order valence-electron chi connectivity index (χ1n) is 12.1. The third-order valence-electron chi connectivity index (χ3n) is 7.29. The number of esters is 1. The summed E-state index contributed by atoms with van der Waals surface area (Å²) in [5, 5.41) is 0. The Labute approximate surface area is 217 Å². The number of amides is 1. The first kappa shape index (κ1) is 25.7. The lowest BCUT2D eigenvalue weighted by Crippen LogP contribution is -2.56. The van der Waals surface area contributed by atoms with E-state index in [1.54, 1.807) is 26.0 Å². The summed E-state index contributed by atoms with van der Waals surface area (Å²) in [4.78, 5) is 27.8. The Morgan fingerprint density at radius 3 is 2.18 bits per heavy atom. The summed E-state index contributed by atoms with van der Waals surface area (Å²) in [6.45, 7) is 6.56. The summed E-state index contributed by atoms with van der Waals surface area (Å²) in [5.41, 5.74) is -1.71. The van der Waals surface area contributed by atoms with Gasteiger partial charge in [0, 0.05) is 16.8 Å². The molecule has 0 radical (unpaired) electrons. The zero-order valence-electron chi connectivity index (χ0n) is 21.2. The normalized spacial score (nSPS) is 20.1. The van der Waals surface area contributed by atoms with Gasteiger partial charge in [0.1, 0.15) is 11.6 Å². The van der Waals surface area contributed by atoms with Crippen molar-refractivity contribution in [2.24, 2.45) is 0 Å². The number of aryl methyl sites for hydroxylation is 2. The molecule has 8 heteroatoms. The highest BCUT2D eigenvalue weighted by Gasteiger charge is 2.67. The molecular formula is C30H25F4NO3. The second-order valence-electron chi connectivity index (χ2n) is 10.5. The number of rotatable bonds is 3. The summed E-state index contributed by atoms with van der Waals surface area (Å²) < 4.78 is 63.8. The molecule has 0 aromatic heterocycles. The maximum absolute atomic E-state index is 15.0. The van der Waals surface area contributed by atoms with Crippen LogP contribution in [0, 0.1) is 19.7 Å². The van der Waals surface area contributed by atoms with Gasteiger partial charge in [0.15, 0.2) is 5.41 Å². The number of carbonyl (C=O) groups is 2. The van der Waals surface area contributed by atoms with Crippen LogP contribution in [0.1, 0.15) is 52.0 Å². The molecule has 0 bridgehead atoms. The van der Waals surface area contributed by atoms with Crippen molar-refractivity contribution in [3.05, 3.63) is 106 Å². The van der Waals surface area contributed by atoms with Crippen molar-refractivity contribution in [2.75, 3.05) is 0 Å². The zero-order valence-corrected chi connectivity index (χ0v) is 21.2. The molecule has 0 saturated heterocycles. The standard InChI is InChI=1S/C30H25F4NO3/c1-17-13-21(14-18(2)25(17)38-26(36)19-9-11-22(31)12-10-19)29(30(32,33)34)16-24-23-8-6-5-7-20(23)15-28(3,4)35(24)27(29)37/h5-14,16H,15H2,1-4H3/t29-/m1/s1. The van der Waals surface area contributed by atoms with E-state index in [4.69, 9.17) is 4.74 Å². The molecule has 38 heavy (non-hydrogen) atoms. The van der Waals surface area contributed by atoms with Crippen LogP contribution in [-0.2, 0) is 16.6 Å². The minimum Gasteiger partial charge on any atom is -0.422 e. The van der Waals surface area contributed by atoms with E-state index in [2.05, 4.69) is 0 Å². The summed E-state index contributed by atoms with van der Waals surface area (Å²) in [7, 11) is 0. The predicted octanol–water partition coefficient (Wildman–Crippen LogP) is 6.68. The van der Waals surface area contributed by atoms with E-state index in [0.29, 0.717) is 12.0 Å². The summed E-state index contributed by atoms with van der Waals surface area (Å²) in [5.74, 6) is -2.27. The third-order valence-corrected chi connectivity index (χ3v) is 7.29. The molecule has 2 heterocycles. The monoisotopic (exact) mass is 523 g/mol. The second kappa shape index (κ2) is 8.55. The Hall–Kier alpha value is -3.94. The van der Waals surface area contributed by atoms with Gasteiger partial charge in [-0.25, -0.2) is 9.18 Å². The molecule has 1 amide bonds. The van der Waals surface area contributed by atoms with E-state index >= 15 is 13.2 Å². The van der Waals surface area contributed by atoms with E-state index in [0.717, 1.165) is 23.8 Å². The van der Waals surface area contributed by atoms with Crippen LogP contribution < -0.4 is 4.74 Å². The van der Waals surface area contributed by atoms with Crippen molar-refractivity contribution in [1.82, 2.24) is 4.90 Å². The van der Waals surface area contributed by atoms with E-state index < -0.39 is 34.8 Å². The van der Waals surface area contributed by atoms with Crippen molar-refractivity contribution in [3.8, 4) is 5.75 Å². The quantitative estimate of drug-likeness (QED) is 0.219. The molecule has 2 aliphatic rings. The van der Waals surface area contributed by atoms with E-state index in [1.807, 2.05) is 12.1 Å². The maximum Gasteiger partial charge on any atom is 0.410 e. The van der Waals surface area contributed by atoms with E-state index in [-0.39, 0.29) is 33.7 Å². The SMILES string of the molecule is Cc1cc([C@]2(C(F)(F)F)C=C3c4ccccc4CC(C)(C)N3C2=O)cc(C)c1OC(=O)c1ccc(F)cc1. The van der Waals surface area contributed by atoms with Gasteiger partial charge in [0.25, 0.3) is 5.91 Å². The molecule has 0 saturated carbocycles. The molecule has 196 valence electrons.